The Bertz CT molecular complexity index is 865. The van der Waals surface area contributed by atoms with Crippen molar-refractivity contribution >= 4 is 29.2 Å². The molecule has 0 bridgehead atoms. The average Bonchev–Trinajstić information content (AvgIpc) is 2.98. The van der Waals surface area contributed by atoms with Gasteiger partial charge < -0.3 is 19.6 Å². The summed E-state index contributed by atoms with van der Waals surface area (Å²) in [5, 5.41) is 0. The summed E-state index contributed by atoms with van der Waals surface area (Å²) >= 11 is 0. The molecular weight excluding hydrogens is 366 g/mol. The molecule has 2 aliphatic heterocycles. The van der Waals surface area contributed by atoms with Crippen LogP contribution >= 0.6 is 12.4 Å². The minimum absolute atomic E-state index is 0. The number of hydrogen-bond acceptors (Lipinski definition) is 4. The van der Waals surface area contributed by atoms with E-state index < -0.39 is 0 Å². The fourth-order valence-electron chi connectivity index (χ4n) is 4.25. The summed E-state index contributed by atoms with van der Waals surface area (Å²) < 4.78 is 6.36. The lowest BCUT2D eigenvalue weighted by Crippen LogP contribution is -2.51. The Morgan fingerprint density at radius 1 is 1.07 bits per heavy atom. The highest BCUT2D eigenvalue weighted by Gasteiger charge is 2.43. The summed E-state index contributed by atoms with van der Waals surface area (Å²) in [6.07, 6.45) is 7.32. The van der Waals surface area contributed by atoms with Crippen molar-refractivity contribution in [1.82, 2.24) is 14.9 Å². The zero-order valence-corrected chi connectivity index (χ0v) is 16.6. The molecule has 0 aliphatic carbocycles. The van der Waals surface area contributed by atoms with Crippen molar-refractivity contribution in [2.75, 3.05) is 19.6 Å². The van der Waals surface area contributed by atoms with E-state index in [0.29, 0.717) is 28.8 Å². The number of benzene rings is 1. The number of Topliss-reactive ketones (excluding diaryl/α,β-unsaturated/α-hetero) is 1. The molecule has 1 saturated heterocycles. The van der Waals surface area contributed by atoms with Crippen LogP contribution < -0.4 is 10.4 Å². The van der Waals surface area contributed by atoms with Crippen molar-refractivity contribution < 1.29 is 9.53 Å². The normalized spacial score (nSPS) is 18.9. The first-order valence-electron chi connectivity index (χ1n) is 9.79. The van der Waals surface area contributed by atoms with Gasteiger partial charge in [-0.1, -0.05) is 26.2 Å². The minimum atomic E-state index is -0.381. The molecule has 1 aromatic carbocycles. The van der Waals surface area contributed by atoms with Crippen LogP contribution in [0.15, 0.2) is 16.9 Å². The molecule has 0 amide bonds. The van der Waals surface area contributed by atoms with Gasteiger partial charge in [0.25, 0.3) is 0 Å². The van der Waals surface area contributed by atoms with E-state index in [9.17, 15) is 9.59 Å². The van der Waals surface area contributed by atoms with Crippen LogP contribution in [0.5, 0.6) is 5.75 Å². The molecule has 1 fully saturated rings. The fraction of sp³-hybridized carbons (Fsp3) is 0.600. The van der Waals surface area contributed by atoms with Gasteiger partial charge in [-0.25, -0.2) is 4.79 Å². The Morgan fingerprint density at radius 3 is 2.48 bits per heavy atom. The molecule has 0 saturated carbocycles. The van der Waals surface area contributed by atoms with Crippen LogP contribution in [0.4, 0.5) is 0 Å². The number of unbranched alkanes of at least 4 members (excludes halogenated alkanes) is 3. The van der Waals surface area contributed by atoms with Crippen molar-refractivity contribution in [2.24, 2.45) is 0 Å². The number of carbonyl (C=O) groups excluding carboxylic acids is 1. The average molecular weight is 394 g/mol. The highest BCUT2D eigenvalue weighted by molar-refractivity contribution is 6.03. The van der Waals surface area contributed by atoms with E-state index in [1.807, 2.05) is 0 Å². The zero-order valence-electron chi connectivity index (χ0n) is 15.8. The summed E-state index contributed by atoms with van der Waals surface area (Å²) in [5.41, 5.74) is 1.28. The Hall–Kier alpha value is -1.79. The molecule has 0 radical (unpaired) electrons. The van der Waals surface area contributed by atoms with Crippen LogP contribution in [0.2, 0.25) is 0 Å². The van der Waals surface area contributed by atoms with E-state index in [1.54, 1.807) is 12.1 Å². The number of ketones is 1. The number of nitrogens with one attached hydrogen (secondary N) is 2. The van der Waals surface area contributed by atoms with E-state index in [4.69, 9.17) is 4.74 Å². The number of ether oxygens (including phenoxy) is 1. The number of rotatable bonds is 5. The number of carbonyl (C=O) groups is 1. The first-order chi connectivity index (χ1) is 12.6. The Kier molecular flexibility index (Phi) is 5.96. The van der Waals surface area contributed by atoms with Crippen LogP contribution in [0, 0.1) is 0 Å². The van der Waals surface area contributed by atoms with Crippen LogP contribution in [0.1, 0.15) is 62.2 Å². The third-order valence-electron chi connectivity index (χ3n) is 5.82. The highest BCUT2D eigenvalue weighted by atomic mass is 35.5. The first-order valence-corrected chi connectivity index (χ1v) is 9.79. The molecular formula is C20H28ClN3O3. The SMILES string of the molecule is CCCCCCN1CCC2(CC1)CC(=O)c1cc3[nH]c(=O)[nH]c3cc1O2.Cl. The van der Waals surface area contributed by atoms with E-state index in [0.717, 1.165) is 32.5 Å². The Labute approximate surface area is 165 Å². The molecule has 1 spiro atoms. The summed E-state index contributed by atoms with van der Waals surface area (Å²) in [4.78, 5) is 32.2. The lowest BCUT2D eigenvalue weighted by Gasteiger charge is -2.44. The Morgan fingerprint density at radius 2 is 1.78 bits per heavy atom. The van der Waals surface area contributed by atoms with Gasteiger partial charge >= 0.3 is 5.69 Å². The monoisotopic (exact) mass is 393 g/mol. The van der Waals surface area contributed by atoms with Gasteiger partial charge in [0, 0.05) is 32.0 Å². The quantitative estimate of drug-likeness (QED) is 0.760. The summed E-state index contributed by atoms with van der Waals surface area (Å²) in [5.74, 6) is 0.729. The van der Waals surface area contributed by atoms with Gasteiger partial charge in [-0.15, -0.1) is 12.4 Å². The fourth-order valence-corrected chi connectivity index (χ4v) is 4.25. The molecule has 3 heterocycles. The van der Waals surface area contributed by atoms with Gasteiger partial charge in [0.05, 0.1) is 23.0 Å². The summed E-state index contributed by atoms with van der Waals surface area (Å²) in [6, 6.07) is 3.53. The second kappa shape index (κ2) is 8.07. The summed E-state index contributed by atoms with van der Waals surface area (Å²) in [6.45, 7) is 5.35. The van der Waals surface area contributed by atoms with Crippen molar-refractivity contribution in [1.29, 1.82) is 0 Å². The van der Waals surface area contributed by atoms with Crippen molar-refractivity contribution in [3.8, 4) is 5.75 Å². The lowest BCUT2D eigenvalue weighted by atomic mass is 9.82. The number of aromatic nitrogens is 2. The molecule has 2 aliphatic rings. The number of H-pyrrole nitrogens is 2. The molecule has 0 unspecified atom stereocenters. The maximum atomic E-state index is 12.7. The molecule has 2 N–H and O–H groups in total. The van der Waals surface area contributed by atoms with Crippen LogP contribution in [0.25, 0.3) is 11.0 Å². The lowest BCUT2D eigenvalue weighted by molar-refractivity contribution is -0.00908. The van der Waals surface area contributed by atoms with Crippen LogP contribution in [-0.4, -0.2) is 45.9 Å². The van der Waals surface area contributed by atoms with Gasteiger partial charge in [0.2, 0.25) is 0 Å². The van der Waals surface area contributed by atoms with Crippen molar-refractivity contribution in [3.63, 3.8) is 0 Å². The van der Waals surface area contributed by atoms with Crippen molar-refractivity contribution in [2.45, 2.75) is 57.5 Å². The maximum Gasteiger partial charge on any atom is 0.323 e. The number of aromatic amines is 2. The van der Waals surface area contributed by atoms with Gasteiger partial charge in [0.15, 0.2) is 5.78 Å². The second-order valence-corrected chi connectivity index (χ2v) is 7.76. The number of hydrogen-bond donors (Lipinski definition) is 2. The number of imidazole rings is 1. The molecule has 2 aromatic rings. The van der Waals surface area contributed by atoms with E-state index in [1.165, 1.54) is 25.7 Å². The molecule has 1 aromatic heterocycles. The van der Waals surface area contributed by atoms with Gasteiger partial charge in [-0.3, -0.25) is 4.79 Å². The predicted molar refractivity (Wildman–Crippen MR) is 108 cm³/mol. The zero-order chi connectivity index (χ0) is 18.1. The number of piperidine rings is 1. The third kappa shape index (κ3) is 4.06. The van der Waals surface area contributed by atoms with E-state index in [2.05, 4.69) is 21.8 Å². The Balaban J connectivity index is 0.00000210. The topological polar surface area (TPSA) is 78.2 Å². The summed E-state index contributed by atoms with van der Waals surface area (Å²) in [7, 11) is 0. The van der Waals surface area contributed by atoms with E-state index >= 15 is 0 Å². The second-order valence-electron chi connectivity index (χ2n) is 7.76. The standard InChI is InChI=1S/C20H27N3O3.ClH/c1-2-3-4-5-8-23-9-6-20(7-10-23)13-17(24)14-11-15-16(12-18(14)26-20)22-19(25)21-15;/h11-12H,2-10,13H2,1H3,(H2,21,22,25);1H. The number of likely N-dealkylation sites (tertiary alicyclic amines) is 1. The van der Waals surface area contributed by atoms with Gasteiger partial charge in [-0.05, 0) is 19.0 Å². The molecule has 0 atom stereocenters. The number of halogens is 1. The molecule has 148 valence electrons. The highest BCUT2D eigenvalue weighted by Crippen LogP contribution is 2.40. The van der Waals surface area contributed by atoms with Gasteiger partial charge in [-0.2, -0.15) is 0 Å². The van der Waals surface area contributed by atoms with E-state index in [-0.39, 0.29) is 29.5 Å². The maximum absolute atomic E-state index is 12.7. The number of nitrogens with zero attached hydrogens (tertiary/aromatic N) is 1. The van der Waals surface area contributed by atoms with Crippen LogP contribution in [-0.2, 0) is 0 Å². The first kappa shape index (κ1) is 20.0. The molecule has 7 heteroatoms. The van der Waals surface area contributed by atoms with Gasteiger partial charge in [0.1, 0.15) is 11.4 Å². The predicted octanol–water partition coefficient (Wildman–Crippen LogP) is 3.66. The minimum Gasteiger partial charge on any atom is -0.486 e. The largest absolute Gasteiger partial charge is 0.486 e. The molecule has 27 heavy (non-hydrogen) atoms. The van der Waals surface area contributed by atoms with Crippen LogP contribution in [0.3, 0.4) is 0 Å². The number of fused-ring (bicyclic) bond motifs is 2. The van der Waals surface area contributed by atoms with Crippen molar-refractivity contribution in [3.05, 3.63) is 28.2 Å². The third-order valence-corrected chi connectivity index (χ3v) is 5.82. The smallest absolute Gasteiger partial charge is 0.323 e. The molecule has 4 rings (SSSR count). The molecule has 6 nitrogen and oxygen atoms in total.